The predicted molar refractivity (Wildman–Crippen MR) is 104 cm³/mol. The highest BCUT2D eigenvalue weighted by atomic mass is 16.2. The first-order valence-electron chi connectivity index (χ1n) is 9.68. The summed E-state index contributed by atoms with van der Waals surface area (Å²) in [5.74, 6) is 0.0633. The quantitative estimate of drug-likeness (QED) is 0.554. The van der Waals surface area contributed by atoms with E-state index in [-0.39, 0.29) is 11.8 Å². The molecule has 140 valence electrons. The molecule has 25 heavy (non-hydrogen) atoms. The van der Waals surface area contributed by atoms with Gasteiger partial charge >= 0.3 is 0 Å². The number of unbranched alkanes of at least 4 members (excludes halogenated alkanes) is 5. The average Bonchev–Trinajstić information content (AvgIpc) is 2.60. The number of amides is 2. The number of benzene rings is 1. The van der Waals surface area contributed by atoms with Gasteiger partial charge in [-0.05, 0) is 30.9 Å². The number of rotatable bonds is 12. The second kappa shape index (κ2) is 12.5. The van der Waals surface area contributed by atoms with Crippen LogP contribution >= 0.6 is 0 Å². The lowest BCUT2D eigenvalue weighted by Gasteiger charge is -2.20. The molecule has 0 aliphatic heterocycles. The Morgan fingerprint density at radius 2 is 1.60 bits per heavy atom. The van der Waals surface area contributed by atoms with Crippen LogP contribution in [0.15, 0.2) is 30.3 Å². The molecule has 0 radical (unpaired) electrons. The summed E-state index contributed by atoms with van der Waals surface area (Å²) in [6.45, 7) is 7.00. The Morgan fingerprint density at radius 1 is 0.960 bits per heavy atom. The first kappa shape index (κ1) is 21.2. The third kappa shape index (κ3) is 9.28. The maximum Gasteiger partial charge on any atom is 0.251 e. The smallest absolute Gasteiger partial charge is 0.251 e. The van der Waals surface area contributed by atoms with Gasteiger partial charge < -0.3 is 10.6 Å². The lowest BCUT2D eigenvalue weighted by Crippen LogP contribution is -2.47. The van der Waals surface area contributed by atoms with Gasteiger partial charge in [0.25, 0.3) is 5.91 Å². The topological polar surface area (TPSA) is 58.2 Å². The van der Waals surface area contributed by atoms with Gasteiger partial charge in [0, 0.05) is 12.1 Å². The monoisotopic (exact) mass is 346 g/mol. The zero-order valence-corrected chi connectivity index (χ0v) is 16.0. The van der Waals surface area contributed by atoms with Gasteiger partial charge in [-0.2, -0.15) is 0 Å². The SMILES string of the molecule is CCCCCCCCNC(=O)C(CC(C)C)NC(=O)c1ccccc1. The summed E-state index contributed by atoms with van der Waals surface area (Å²) in [5, 5.41) is 5.86. The van der Waals surface area contributed by atoms with Crippen molar-refractivity contribution < 1.29 is 9.59 Å². The molecule has 1 rings (SSSR count). The van der Waals surface area contributed by atoms with Crippen LogP contribution in [0.5, 0.6) is 0 Å². The number of hydrogen-bond donors (Lipinski definition) is 2. The van der Waals surface area contributed by atoms with E-state index in [1.165, 1.54) is 25.7 Å². The third-order valence-corrected chi connectivity index (χ3v) is 4.19. The van der Waals surface area contributed by atoms with E-state index in [0.717, 1.165) is 12.8 Å². The second-order valence-electron chi connectivity index (χ2n) is 7.08. The molecule has 0 bridgehead atoms. The average molecular weight is 347 g/mol. The van der Waals surface area contributed by atoms with Gasteiger partial charge in [-0.25, -0.2) is 0 Å². The first-order valence-corrected chi connectivity index (χ1v) is 9.68. The van der Waals surface area contributed by atoms with Gasteiger partial charge in [-0.15, -0.1) is 0 Å². The summed E-state index contributed by atoms with van der Waals surface area (Å²) in [4.78, 5) is 24.8. The van der Waals surface area contributed by atoms with Crippen LogP contribution in [-0.4, -0.2) is 24.4 Å². The molecule has 4 nitrogen and oxygen atoms in total. The molecule has 0 fully saturated rings. The molecule has 1 aromatic carbocycles. The van der Waals surface area contributed by atoms with E-state index >= 15 is 0 Å². The maximum atomic E-state index is 12.5. The molecule has 4 heteroatoms. The molecule has 1 aromatic rings. The lowest BCUT2D eigenvalue weighted by molar-refractivity contribution is -0.123. The Balaban J connectivity index is 2.43. The maximum absolute atomic E-state index is 12.5. The molecule has 0 heterocycles. The summed E-state index contributed by atoms with van der Waals surface area (Å²) >= 11 is 0. The van der Waals surface area contributed by atoms with Crippen LogP contribution in [0.3, 0.4) is 0 Å². The Bertz CT molecular complexity index is 500. The van der Waals surface area contributed by atoms with Gasteiger partial charge in [-0.3, -0.25) is 9.59 Å². The third-order valence-electron chi connectivity index (χ3n) is 4.19. The van der Waals surface area contributed by atoms with Crippen molar-refractivity contribution in [2.24, 2.45) is 5.92 Å². The van der Waals surface area contributed by atoms with Crippen molar-refractivity contribution in [1.29, 1.82) is 0 Å². The van der Waals surface area contributed by atoms with Crippen molar-refractivity contribution >= 4 is 11.8 Å². The van der Waals surface area contributed by atoms with Gasteiger partial charge in [-0.1, -0.05) is 71.1 Å². The van der Waals surface area contributed by atoms with E-state index in [1.807, 2.05) is 18.2 Å². The van der Waals surface area contributed by atoms with Gasteiger partial charge in [0.05, 0.1) is 0 Å². The molecule has 0 saturated heterocycles. The summed E-state index contributed by atoms with van der Waals surface area (Å²) in [6, 6.07) is 8.56. The summed E-state index contributed by atoms with van der Waals surface area (Å²) in [7, 11) is 0. The van der Waals surface area contributed by atoms with Crippen molar-refractivity contribution in [2.75, 3.05) is 6.54 Å². The summed E-state index contributed by atoms with van der Waals surface area (Å²) < 4.78 is 0. The number of hydrogen-bond acceptors (Lipinski definition) is 2. The normalized spacial score (nSPS) is 12.0. The Morgan fingerprint density at radius 3 is 2.24 bits per heavy atom. The molecule has 0 aromatic heterocycles. The Kier molecular flexibility index (Phi) is 10.6. The highest BCUT2D eigenvalue weighted by Crippen LogP contribution is 2.08. The standard InChI is InChI=1S/C21H34N2O2/c1-4-5-6-7-8-12-15-22-21(25)19(16-17(2)3)23-20(24)18-13-10-9-11-14-18/h9-11,13-14,17,19H,4-8,12,15-16H2,1-3H3,(H,22,25)(H,23,24). The molecule has 2 N–H and O–H groups in total. The van der Waals surface area contributed by atoms with Crippen molar-refractivity contribution in [2.45, 2.75) is 71.8 Å². The zero-order valence-electron chi connectivity index (χ0n) is 16.0. The van der Waals surface area contributed by atoms with Crippen LogP contribution < -0.4 is 10.6 Å². The van der Waals surface area contributed by atoms with Crippen molar-refractivity contribution in [1.82, 2.24) is 10.6 Å². The number of nitrogens with one attached hydrogen (secondary N) is 2. The largest absolute Gasteiger partial charge is 0.354 e. The van der Waals surface area contributed by atoms with Crippen molar-refractivity contribution in [3.63, 3.8) is 0 Å². The highest BCUT2D eigenvalue weighted by Gasteiger charge is 2.22. The molecular weight excluding hydrogens is 312 g/mol. The molecule has 0 saturated carbocycles. The number of carbonyl (C=O) groups excluding carboxylic acids is 2. The Hall–Kier alpha value is -1.84. The van der Waals surface area contributed by atoms with Crippen LogP contribution in [0.25, 0.3) is 0 Å². The van der Waals surface area contributed by atoms with Crippen LogP contribution in [0.2, 0.25) is 0 Å². The van der Waals surface area contributed by atoms with Crippen molar-refractivity contribution in [3.8, 4) is 0 Å². The van der Waals surface area contributed by atoms with E-state index in [9.17, 15) is 9.59 Å². The zero-order chi connectivity index (χ0) is 18.5. The fourth-order valence-corrected chi connectivity index (χ4v) is 2.77. The van der Waals surface area contributed by atoms with Crippen LogP contribution in [0, 0.1) is 5.92 Å². The summed E-state index contributed by atoms with van der Waals surface area (Å²) in [6.07, 6.45) is 7.81. The minimum atomic E-state index is -0.479. The number of carbonyl (C=O) groups is 2. The first-order chi connectivity index (χ1) is 12.0. The van der Waals surface area contributed by atoms with E-state index < -0.39 is 6.04 Å². The molecule has 0 aliphatic carbocycles. The Labute approximate surface area is 152 Å². The van der Waals surface area contributed by atoms with Crippen LogP contribution in [0.4, 0.5) is 0 Å². The highest BCUT2D eigenvalue weighted by molar-refractivity contribution is 5.97. The van der Waals surface area contributed by atoms with E-state index in [0.29, 0.717) is 24.4 Å². The predicted octanol–water partition coefficient (Wildman–Crippen LogP) is 4.31. The lowest BCUT2D eigenvalue weighted by atomic mass is 10.0. The molecule has 2 amide bonds. The van der Waals surface area contributed by atoms with E-state index in [4.69, 9.17) is 0 Å². The van der Waals surface area contributed by atoms with E-state index in [2.05, 4.69) is 31.4 Å². The molecule has 0 spiro atoms. The van der Waals surface area contributed by atoms with Crippen LogP contribution in [-0.2, 0) is 4.79 Å². The van der Waals surface area contributed by atoms with Crippen LogP contribution in [0.1, 0.15) is 76.1 Å². The molecule has 1 atom stereocenters. The molecular formula is C21H34N2O2. The fraction of sp³-hybridized carbons (Fsp3) is 0.619. The van der Waals surface area contributed by atoms with Crippen molar-refractivity contribution in [3.05, 3.63) is 35.9 Å². The second-order valence-corrected chi connectivity index (χ2v) is 7.08. The summed E-state index contributed by atoms with van der Waals surface area (Å²) in [5.41, 5.74) is 0.583. The van der Waals surface area contributed by atoms with Gasteiger partial charge in [0.1, 0.15) is 6.04 Å². The fourth-order valence-electron chi connectivity index (χ4n) is 2.77. The molecule has 1 unspecified atom stereocenters. The molecule has 0 aliphatic rings. The minimum absolute atomic E-state index is 0.0773. The van der Waals surface area contributed by atoms with E-state index in [1.54, 1.807) is 12.1 Å². The van der Waals surface area contributed by atoms with Gasteiger partial charge in [0.2, 0.25) is 5.91 Å². The minimum Gasteiger partial charge on any atom is -0.354 e. The van der Waals surface area contributed by atoms with Gasteiger partial charge in [0.15, 0.2) is 0 Å².